The number of benzene rings is 3. The van der Waals surface area contributed by atoms with Gasteiger partial charge in [0.1, 0.15) is 17.2 Å². The van der Waals surface area contributed by atoms with Crippen molar-refractivity contribution in [2.75, 3.05) is 20.3 Å². The van der Waals surface area contributed by atoms with E-state index in [1.807, 2.05) is 92.7 Å². The monoisotopic (exact) mass is 540 g/mol. The molecule has 0 bridgehead atoms. The molecule has 0 aliphatic carbocycles. The van der Waals surface area contributed by atoms with Crippen LogP contribution in [0.4, 0.5) is 17.3 Å². The summed E-state index contributed by atoms with van der Waals surface area (Å²) in [5, 5.41) is 0. The number of methoxy groups -OCH3 is 1. The van der Waals surface area contributed by atoms with Crippen molar-refractivity contribution in [1.82, 2.24) is 0 Å². The lowest BCUT2D eigenvalue weighted by Gasteiger charge is -2.05. The number of hydrogen-bond acceptors (Lipinski definition) is 3. The maximum absolute atomic E-state index is 9.75. The summed E-state index contributed by atoms with van der Waals surface area (Å²) in [5.74, 6) is 4.07. The third-order valence-electron chi connectivity index (χ3n) is 5.32. The van der Waals surface area contributed by atoms with Crippen LogP contribution in [0.1, 0.15) is 25.2 Å². The van der Waals surface area contributed by atoms with Crippen LogP contribution in [0.15, 0.2) is 89.3 Å². The largest absolute Gasteiger partial charge is 0.673 e. The Balaban J connectivity index is 0.000000771. The third kappa shape index (κ3) is 9.85. The zero-order valence-corrected chi connectivity index (χ0v) is 21.9. The highest BCUT2D eigenvalue weighted by Gasteiger charge is 2.20. The van der Waals surface area contributed by atoms with Crippen molar-refractivity contribution < 1.29 is 35.9 Å². The molecule has 39 heavy (non-hydrogen) atoms. The van der Waals surface area contributed by atoms with Gasteiger partial charge >= 0.3 is 18.8 Å². The van der Waals surface area contributed by atoms with E-state index in [9.17, 15) is 17.3 Å². The Morgan fingerprint density at radius 3 is 1.62 bits per heavy atom. The van der Waals surface area contributed by atoms with Crippen molar-refractivity contribution in [2.45, 2.75) is 13.8 Å². The van der Waals surface area contributed by atoms with Crippen LogP contribution < -0.4 is 14.2 Å². The number of ether oxygens (including phenoxy) is 3. The predicted molar refractivity (Wildman–Crippen MR) is 148 cm³/mol. The van der Waals surface area contributed by atoms with Gasteiger partial charge in [-0.1, -0.05) is 24.3 Å². The highest BCUT2D eigenvalue weighted by Crippen LogP contribution is 2.31. The lowest BCUT2D eigenvalue weighted by atomic mass is 10.0. The summed E-state index contributed by atoms with van der Waals surface area (Å²) in [7, 11) is -4.33. The second kappa shape index (κ2) is 14.0. The fourth-order valence-electron chi connectivity index (χ4n) is 3.60. The number of hydrogen-bond donors (Lipinski definition) is 0. The van der Waals surface area contributed by atoms with Crippen LogP contribution in [0.25, 0.3) is 34.6 Å². The molecule has 1 aromatic heterocycles. The molecule has 204 valence electrons. The Kier molecular flexibility index (Phi) is 10.5. The van der Waals surface area contributed by atoms with Gasteiger partial charge in [0.25, 0.3) is 0 Å². The minimum Gasteiger partial charge on any atom is -0.497 e. The highest BCUT2D eigenvalue weighted by atomic mass is 19.5. The lowest BCUT2D eigenvalue weighted by Crippen LogP contribution is -2.02. The first kappa shape index (κ1) is 29.3. The molecule has 9 heteroatoms. The molecule has 0 N–H and O–H groups in total. The molecule has 0 spiro atoms. The zero-order chi connectivity index (χ0) is 28.3. The first-order valence-corrected chi connectivity index (χ1v) is 12.3. The average molecular weight is 540 g/mol. The van der Waals surface area contributed by atoms with Gasteiger partial charge in [0.2, 0.25) is 0 Å². The average Bonchev–Trinajstić information content (AvgIpc) is 2.92. The van der Waals surface area contributed by atoms with Gasteiger partial charge < -0.3 is 31.5 Å². The zero-order valence-electron chi connectivity index (χ0n) is 21.9. The van der Waals surface area contributed by atoms with E-state index in [0.29, 0.717) is 13.2 Å². The third-order valence-corrected chi connectivity index (χ3v) is 5.32. The Hall–Kier alpha value is -4.27. The molecule has 3 aromatic carbocycles. The molecule has 0 amide bonds. The molecule has 0 saturated carbocycles. The molecule has 0 saturated heterocycles. The van der Waals surface area contributed by atoms with Crippen LogP contribution in [0.2, 0.25) is 0 Å². The fraction of sp³-hybridized carbons (Fsp3) is 0.167. The molecule has 0 atom stereocenters. The van der Waals surface area contributed by atoms with Crippen LogP contribution in [-0.4, -0.2) is 27.6 Å². The minimum atomic E-state index is -6.00. The van der Waals surface area contributed by atoms with E-state index in [1.54, 1.807) is 7.11 Å². The maximum atomic E-state index is 9.75. The molecule has 1 heterocycles. The van der Waals surface area contributed by atoms with E-state index in [2.05, 4.69) is 18.2 Å². The molecular formula is C30H29BF4O4. The van der Waals surface area contributed by atoms with Crippen LogP contribution in [0.5, 0.6) is 17.2 Å². The molecule has 4 aromatic rings. The molecule has 0 unspecified atom stereocenters. The van der Waals surface area contributed by atoms with E-state index >= 15 is 0 Å². The molecule has 0 aliphatic heterocycles. The van der Waals surface area contributed by atoms with E-state index in [-0.39, 0.29) is 0 Å². The molecule has 4 nitrogen and oxygen atoms in total. The smallest absolute Gasteiger partial charge is 0.497 e. The molecular weight excluding hydrogens is 511 g/mol. The van der Waals surface area contributed by atoms with Crippen LogP contribution in [0, 0.1) is 0 Å². The fourth-order valence-corrected chi connectivity index (χ4v) is 3.60. The molecule has 0 fully saturated rings. The molecule has 4 rings (SSSR count). The topological polar surface area (TPSA) is 39.0 Å². The second-order valence-electron chi connectivity index (χ2n) is 8.13. The van der Waals surface area contributed by atoms with Crippen molar-refractivity contribution in [3.8, 4) is 39.7 Å². The standard InChI is InChI=1S/C30H29O4.BF4/c1-4-32-27-16-9-23(10-17-27)25-20-29(15-8-22-6-13-26(31-3)14-7-22)34-30(21-25)24-11-18-28(19-12-24)33-5-2;2-1(3,4)5/h6-21H,4-5H2,1-3H3;/q+1;-1/b15-8-;. The minimum absolute atomic E-state index is 0.636. The summed E-state index contributed by atoms with van der Waals surface area (Å²) in [5.41, 5.74) is 4.19. The second-order valence-corrected chi connectivity index (χ2v) is 8.13. The lowest BCUT2D eigenvalue weighted by molar-refractivity contribution is 0.340. The highest BCUT2D eigenvalue weighted by molar-refractivity contribution is 6.50. The Bertz CT molecular complexity index is 1260. The van der Waals surface area contributed by atoms with Gasteiger partial charge in [-0.15, -0.1) is 0 Å². The molecule has 0 aliphatic rings. The Morgan fingerprint density at radius 2 is 1.13 bits per heavy atom. The van der Waals surface area contributed by atoms with Crippen molar-refractivity contribution in [3.05, 3.63) is 96.3 Å². The van der Waals surface area contributed by atoms with E-state index in [1.165, 1.54) is 0 Å². The quantitative estimate of drug-likeness (QED) is 0.121. The van der Waals surface area contributed by atoms with Gasteiger partial charge in [-0.2, -0.15) is 0 Å². The van der Waals surface area contributed by atoms with Crippen LogP contribution >= 0.6 is 0 Å². The summed E-state index contributed by atoms with van der Waals surface area (Å²) in [6.45, 7) is 5.24. The predicted octanol–water partition coefficient (Wildman–Crippen LogP) is 9.17. The maximum Gasteiger partial charge on any atom is 0.673 e. The summed E-state index contributed by atoms with van der Waals surface area (Å²) in [6, 6.07) is 28.1. The summed E-state index contributed by atoms with van der Waals surface area (Å²) in [4.78, 5) is 0. The summed E-state index contributed by atoms with van der Waals surface area (Å²) >= 11 is 0. The van der Waals surface area contributed by atoms with Gasteiger partial charge in [0.05, 0.1) is 38.0 Å². The van der Waals surface area contributed by atoms with Gasteiger partial charge in [0.15, 0.2) is 0 Å². The molecule has 0 radical (unpaired) electrons. The van der Waals surface area contributed by atoms with Gasteiger partial charge in [0, 0.05) is 11.6 Å². The van der Waals surface area contributed by atoms with Gasteiger partial charge in [-0.25, -0.2) is 4.42 Å². The summed E-state index contributed by atoms with van der Waals surface area (Å²) in [6.07, 6.45) is 4.01. The van der Waals surface area contributed by atoms with Crippen LogP contribution in [0.3, 0.4) is 0 Å². The first-order valence-electron chi connectivity index (χ1n) is 12.3. The number of rotatable bonds is 9. The van der Waals surface area contributed by atoms with E-state index in [0.717, 1.165) is 51.0 Å². The van der Waals surface area contributed by atoms with Crippen molar-refractivity contribution >= 4 is 19.4 Å². The number of halogens is 4. The van der Waals surface area contributed by atoms with Gasteiger partial charge in [-0.05, 0) is 79.6 Å². The van der Waals surface area contributed by atoms with Crippen molar-refractivity contribution in [3.63, 3.8) is 0 Å². The first-order chi connectivity index (χ1) is 18.7. The van der Waals surface area contributed by atoms with Crippen molar-refractivity contribution in [2.24, 2.45) is 0 Å². The Morgan fingerprint density at radius 1 is 0.641 bits per heavy atom. The van der Waals surface area contributed by atoms with Crippen LogP contribution in [-0.2, 0) is 0 Å². The normalized spacial score (nSPS) is 11.1. The van der Waals surface area contributed by atoms with E-state index in [4.69, 9.17) is 18.6 Å². The SMILES string of the molecule is CCOc1ccc(-c2cc(/C=C\c3ccc(OC)cc3)[o+]c(-c3ccc(OCC)cc3)c2)cc1.F[B-](F)(F)F. The van der Waals surface area contributed by atoms with Gasteiger partial charge in [-0.3, -0.25) is 0 Å². The Labute approximate surface area is 225 Å². The van der Waals surface area contributed by atoms with E-state index < -0.39 is 7.25 Å². The summed E-state index contributed by atoms with van der Waals surface area (Å²) < 4.78 is 61.7. The van der Waals surface area contributed by atoms with Crippen molar-refractivity contribution in [1.29, 1.82) is 0 Å².